The van der Waals surface area contributed by atoms with Gasteiger partial charge in [0.25, 0.3) is 0 Å². The monoisotopic (exact) mass is 375 g/mol. The number of hydrogen-bond acceptors (Lipinski definition) is 3. The molecule has 2 rings (SSSR count). The topological polar surface area (TPSA) is 54.9 Å². The van der Waals surface area contributed by atoms with Crippen LogP contribution in [0.5, 0.6) is 0 Å². The Morgan fingerprint density at radius 1 is 1.00 bits per heavy atom. The summed E-state index contributed by atoms with van der Waals surface area (Å²) < 4.78 is 11.1. The minimum Gasteiger partial charge on any atom is -0.382 e. The Morgan fingerprint density at radius 3 is 2.30 bits per heavy atom. The molecule has 0 bridgehead atoms. The van der Waals surface area contributed by atoms with Crippen LogP contribution >= 0.6 is 0 Å². The van der Waals surface area contributed by atoms with Gasteiger partial charge in [-0.2, -0.15) is 0 Å². The van der Waals surface area contributed by atoms with Gasteiger partial charge < -0.3 is 20.1 Å². The summed E-state index contributed by atoms with van der Waals surface area (Å²) in [4.78, 5) is 4.39. The summed E-state index contributed by atoms with van der Waals surface area (Å²) in [5.74, 6) is 0.871. The Balaban J connectivity index is 1.79. The predicted molar refractivity (Wildman–Crippen MR) is 112 cm³/mol. The average Bonchev–Trinajstić information content (AvgIpc) is 3.16. The number of nitrogens with one attached hydrogen (secondary N) is 2. The van der Waals surface area contributed by atoms with E-state index in [9.17, 15) is 0 Å². The van der Waals surface area contributed by atoms with Crippen LogP contribution in [0.25, 0.3) is 0 Å². The van der Waals surface area contributed by atoms with Crippen molar-refractivity contribution in [2.24, 2.45) is 10.4 Å². The molecule has 27 heavy (non-hydrogen) atoms. The Bertz CT molecular complexity index is 551. The van der Waals surface area contributed by atoms with Gasteiger partial charge in [-0.25, -0.2) is 0 Å². The van der Waals surface area contributed by atoms with Gasteiger partial charge in [-0.15, -0.1) is 0 Å². The summed E-state index contributed by atoms with van der Waals surface area (Å²) in [6.07, 6.45) is 6.35. The number of ether oxygens (including phenoxy) is 2. The first-order chi connectivity index (χ1) is 13.2. The zero-order valence-electron chi connectivity index (χ0n) is 17.4. The number of benzene rings is 1. The molecular weight excluding hydrogens is 338 g/mol. The van der Waals surface area contributed by atoms with E-state index < -0.39 is 0 Å². The molecule has 1 fully saturated rings. The highest BCUT2D eigenvalue weighted by molar-refractivity contribution is 5.79. The third-order valence-corrected chi connectivity index (χ3v) is 5.46. The fourth-order valence-electron chi connectivity index (χ4n) is 3.72. The molecule has 1 aromatic carbocycles. The van der Waals surface area contributed by atoms with Gasteiger partial charge in [0.2, 0.25) is 0 Å². The van der Waals surface area contributed by atoms with Crippen LogP contribution < -0.4 is 10.6 Å². The molecule has 0 aromatic heterocycles. The molecule has 0 unspecified atom stereocenters. The van der Waals surface area contributed by atoms with Crippen LogP contribution in [-0.4, -0.2) is 39.4 Å². The summed E-state index contributed by atoms with van der Waals surface area (Å²) >= 11 is 0. The Kier molecular flexibility index (Phi) is 9.64. The molecule has 1 saturated carbocycles. The van der Waals surface area contributed by atoms with Gasteiger partial charge in [0, 0.05) is 40.0 Å². The van der Waals surface area contributed by atoms with E-state index in [0.29, 0.717) is 12.0 Å². The van der Waals surface area contributed by atoms with E-state index >= 15 is 0 Å². The Hall–Kier alpha value is -1.59. The fourth-order valence-corrected chi connectivity index (χ4v) is 3.72. The lowest BCUT2D eigenvalue weighted by Gasteiger charge is -2.30. The van der Waals surface area contributed by atoms with E-state index in [4.69, 9.17) is 9.47 Å². The quantitative estimate of drug-likeness (QED) is 0.350. The smallest absolute Gasteiger partial charge is 0.191 e. The Morgan fingerprint density at radius 2 is 1.67 bits per heavy atom. The second kappa shape index (κ2) is 12.0. The van der Waals surface area contributed by atoms with Crippen molar-refractivity contribution in [1.29, 1.82) is 0 Å². The molecule has 152 valence electrons. The van der Waals surface area contributed by atoms with Crippen LogP contribution in [0.2, 0.25) is 0 Å². The lowest BCUT2D eigenvalue weighted by molar-refractivity contribution is 0.105. The van der Waals surface area contributed by atoms with Crippen LogP contribution in [0.15, 0.2) is 29.3 Å². The minimum atomic E-state index is 0.355. The van der Waals surface area contributed by atoms with Gasteiger partial charge in [0.15, 0.2) is 5.96 Å². The normalized spacial score (nSPS) is 16.5. The third-order valence-electron chi connectivity index (χ3n) is 5.46. The van der Waals surface area contributed by atoms with Crippen molar-refractivity contribution in [3.63, 3.8) is 0 Å². The van der Waals surface area contributed by atoms with Crippen LogP contribution in [0.4, 0.5) is 0 Å². The second-order valence-electron chi connectivity index (χ2n) is 7.39. The molecule has 0 amide bonds. The number of aliphatic imine (C=N–C) groups is 1. The van der Waals surface area contributed by atoms with Crippen LogP contribution in [-0.2, 0) is 22.6 Å². The number of rotatable bonds is 11. The van der Waals surface area contributed by atoms with Gasteiger partial charge in [-0.05, 0) is 49.7 Å². The van der Waals surface area contributed by atoms with Crippen molar-refractivity contribution >= 4 is 5.96 Å². The van der Waals surface area contributed by atoms with Crippen molar-refractivity contribution in [1.82, 2.24) is 10.6 Å². The highest BCUT2D eigenvalue weighted by Crippen LogP contribution is 2.40. The minimum absolute atomic E-state index is 0.355. The van der Waals surface area contributed by atoms with Gasteiger partial charge in [-0.1, -0.05) is 37.1 Å². The first kappa shape index (κ1) is 21.7. The van der Waals surface area contributed by atoms with Gasteiger partial charge in [-0.3, -0.25) is 4.99 Å². The third kappa shape index (κ3) is 7.51. The molecular formula is C22H37N3O2. The van der Waals surface area contributed by atoms with Gasteiger partial charge in [0.05, 0.1) is 6.61 Å². The SMILES string of the molecule is CCOCCC1(CNC(=NC)NCc2ccc(COCC)cc2)CCCC1. The molecule has 0 aliphatic heterocycles. The molecule has 0 atom stereocenters. The zero-order chi connectivity index (χ0) is 19.4. The molecule has 0 radical (unpaired) electrons. The van der Waals surface area contributed by atoms with Crippen molar-refractivity contribution in [3.05, 3.63) is 35.4 Å². The molecule has 5 nitrogen and oxygen atoms in total. The lowest BCUT2D eigenvalue weighted by atomic mass is 9.83. The van der Waals surface area contributed by atoms with Crippen LogP contribution in [0.3, 0.4) is 0 Å². The lowest BCUT2D eigenvalue weighted by Crippen LogP contribution is -2.43. The van der Waals surface area contributed by atoms with Crippen molar-refractivity contribution in [3.8, 4) is 0 Å². The number of nitrogens with zero attached hydrogens (tertiary/aromatic N) is 1. The molecule has 1 aliphatic carbocycles. The number of guanidine groups is 1. The van der Waals surface area contributed by atoms with Crippen molar-refractivity contribution in [2.75, 3.05) is 33.4 Å². The van der Waals surface area contributed by atoms with E-state index in [1.54, 1.807) is 0 Å². The maximum atomic E-state index is 5.61. The first-order valence-corrected chi connectivity index (χ1v) is 10.4. The summed E-state index contributed by atoms with van der Waals surface area (Å²) in [7, 11) is 1.84. The second-order valence-corrected chi connectivity index (χ2v) is 7.39. The standard InChI is InChI=1S/C22H37N3O2/c1-4-26-15-14-22(12-6-7-13-22)18-25-21(23-3)24-16-19-8-10-20(11-9-19)17-27-5-2/h8-11H,4-7,12-18H2,1-3H3,(H2,23,24,25). The van der Waals surface area contributed by atoms with E-state index in [-0.39, 0.29) is 0 Å². The maximum Gasteiger partial charge on any atom is 0.191 e. The van der Waals surface area contributed by atoms with Crippen LogP contribution in [0, 0.1) is 5.41 Å². The number of hydrogen-bond donors (Lipinski definition) is 2. The summed E-state index contributed by atoms with van der Waals surface area (Å²) in [5.41, 5.74) is 2.80. The van der Waals surface area contributed by atoms with Crippen LogP contribution in [0.1, 0.15) is 57.1 Å². The molecule has 1 aliphatic rings. The Labute approximate surface area is 164 Å². The fraction of sp³-hybridized carbons (Fsp3) is 0.682. The predicted octanol–water partition coefficient (Wildman–Crippen LogP) is 3.88. The van der Waals surface area contributed by atoms with Crippen molar-refractivity contribution in [2.45, 2.75) is 59.1 Å². The van der Waals surface area contributed by atoms with E-state index in [1.165, 1.54) is 36.8 Å². The highest BCUT2D eigenvalue weighted by atomic mass is 16.5. The molecule has 1 aromatic rings. The molecule has 2 N–H and O–H groups in total. The molecule has 5 heteroatoms. The summed E-state index contributed by atoms with van der Waals surface area (Å²) in [5, 5.41) is 6.99. The molecule has 0 saturated heterocycles. The van der Waals surface area contributed by atoms with Gasteiger partial charge >= 0.3 is 0 Å². The molecule has 0 heterocycles. The highest BCUT2D eigenvalue weighted by Gasteiger charge is 2.33. The van der Waals surface area contributed by atoms with E-state index in [2.05, 4.69) is 46.8 Å². The summed E-state index contributed by atoms with van der Waals surface area (Å²) in [6, 6.07) is 8.55. The molecule has 0 spiro atoms. The van der Waals surface area contributed by atoms with Crippen molar-refractivity contribution < 1.29 is 9.47 Å². The van der Waals surface area contributed by atoms with Gasteiger partial charge in [0.1, 0.15) is 0 Å². The van der Waals surface area contributed by atoms with E-state index in [1.807, 2.05) is 14.0 Å². The average molecular weight is 376 g/mol. The largest absolute Gasteiger partial charge is 0.382 e. The zero-order valence-corrected chi connectivity index (χ0v) is 17.4. The summed E-state index contributed by atoms with van der Waals surface area (Å²) in [6.45, 7) is 8.90. The maximum absolute atomic E-state index is 5.61. The van der Waals surface area contributed by atoms with E-state index in [0.717, 1.165) is 45.3 Å². The first-order valence-electron chi connectivity index (χ1n) is 10.4.